The molecule has 0 atom stereocenters. The lowest BCUT2D eigenvalue weighted by atomic mass is 10.2. The Balaban J connectivity index is 0.000000392. The molecule has 0 amide bonds. The van der Waals surface area contributed by atoms with Crippen LogP contribution in [0.2, 0.25) is 0 Å². The van der Waals surface area contributed by atoms with Crippen molar-refractivity contribution in [1.82, 2.24) is 9.88 Å². The largest absolute Gasteiger partial charge is 0.484 e. The second kappa shape index (κ2) is 14.5. The molecule has 3 N–H and O–H groups in total. The highest BCUT2D eigenvalue weighted by atomic mass is 16.5. The summed E-state index contributed by atoms with van der Waals surface area (Å²) >= 11 is 0. The van der Waals surface area contributed by atoms with Crippen molar-refractivity contribution in [3.63, 3.8) is 0 Å². The van der Waals surface area contributed by atoms with Crippen LogP contribution in [0.1, 0.15) is 19.3 Å². The number of anilines is 2. The number of para-hydroxylation sites is 2. The number of hydrogen-bond donors (Lipinski definition) is 3. The SMILES string of the molecule is O=C(O)/C=C/C(=O)O.c1ccc(N2CCN(CCCCCN=C3COc4ccccc4N3)CC2)nc1. The van der Waals surface area contributed by atoms with Crippen molar-refractivity contribution in [2.45, 2.75) is 19.3 Å². The van der Waals surface area contributed by atoms with Gasteiger partial charge in [-0.2, -0.15) is 0 Å². The number of carbonyl (C=O) groups is 2. The first-order valence-corrected chi connectivity index (χ1v) is 12.1. The van der Waals surface area contributed by atoms with Gasteiger partial charge in [0.2, 0.25) is 0 Å². The van der Waals surface area contributed by atoms with Gasteiger partial charge in [-0.25, -0.2) is 14.6 Å². The molecule has 1 aromatic heterocycles. The lowest BCUT2D eigenvalue weighted by Gasteiger charge is -2.35. The van der Waals surface area contributed by atoms with Crippen molar-refractivity contribution in [3.8, 4) is 5.75 Å². The van der Waals surface area contributed by atoms with Crippen molar-refractivity contribution >= 4 is 29.3 Å². The van der Waals surface area contributed by atoms with Gasteiger partial charge in [0.15, 0.2) is 0 Å². The fourth-order valence-electron chi connectivity index (χ4n) is 3.84. The molecule has 0 spiro atoms. The van der Waals surface area contributed by atoms with Crippen LogP contribution in [0.4, 0.5) is 11.5 Å². The number of nitrogens with zero attached hydrogens (tertiary/aromatic N) is 4. The van der Waals surface area contributed by atoms with Gasteiger partial charge in [0, 0.05) is 51.1 Å². The van der Waals surface area contributed by atoms with Gasteiger partial charge in [-0.1, -0.05) is 24.6 Å². The Kier molecular flexibility index (Phi) is 10.7. The predicted molar refractivity (Wildman–Crippen MR) is 139 cm³/mol. The molecular formula is C26H33N5O5. The number of aliphatic carboxylic acids is 2. The second-order valence-corrected chi connectivity index (χ2v) is 8.33. The van der Waals surface area contributed by atoms with Crippen molar-refractivity contribution in [2.24, 2.45) is 4.99 Å². The van der Waals surface area contributed by atoms with Crippen molar-refractivity contribution < 1.29 is 24.5 Å². The smallest absolute Gasteiger partial charge is 0.328 e. The number of amidine groups is 1. The average molecular weight is 496 g/mol. The fourth-order valence-corrected chi connectivity index (χ4v) is 3.84. The molecule has 0 saturated carbocycles. The summed E-state index contributed by atoms with van der Waals surface area (Å²) in [6.07, 6.45) is 6.57. The quantitative estimate of drug-likeness (QED) is 0.355. The van der Waals surface area contributed by atoms with Gasteiger partial charge < -0.3 is 25.2 Å². The third-order valence-electron chi connectivity index (χ3n) is 5.68. The van der Waals surface area contributed by atoms with Crippen molar-refractivity contribution in [2.75, 3.05) is 56.1 Å². The van der Waals surface area contributed by atoms with Gasteiger partial charge in [-0.3, -0.25) is 9.89 Å². The average Bonchev–Trinajstić information content (AvgIpc) is 2.90. The molecule has 192 valence electrons. The number of rotatable bonds is 9. The highest BCUT2D eigenvalue weighted by Crippen LogP contribution is 2.26. The Morgan fingerprint density at radius 1 is 0.972 bits per heavy atom. The number of carboxylic acid groups (broad SMARTS) is 2. The van der Waals surface area contributed by atoms with Crippen molar-refractivity contribution in [3.05, 3.63) is 60.8 Å². The zero-order valence-corrected chi connectivity index (χ0v) is 20.3. The van der Waals surface area contributed by atoms with E-state index in [9.17, 15) is 9.59 Å². The number of unbranched alkanes of at least 4 members (excludes halogenated alkanes) is 2. The molecule has 2 aromatic rings. The van der Waals surface area contributed by atoms with Crippen LogP contribution in [0.3, 0.4) is 0 Å². The van der Waals surface area contributed by atoms with Gasteiger partial charge >= 0.3 is 11.9 Å². The molecule has 2 aliphatic rings. The maximum absolute atomic E-state index is 9.55. The topological polar surface area (TPSA) is 128 Å². The summed E-state index contributed by atoms with van der Waals surface area (Å²) < 4.78 is 5.73. The molecule has 0 bridgehead atoms. The Morgan fingerprint density at radius 2 is 1.69 bits per heavy atom. The van der Waals surface area contributed by atoms with Crippen LogP contribution in [-0.4, -0.2) is 83.7 Å². The second-order valence-electron chi connectivity index (χ2n) is 8.33. The predicted octanol–water partition coefficient (Wildman–Crippen LogP) is 2.99. The molecule has 3 heterocycles. The molecule has 10 nitrogen and oxygen atoms in total. The molecule has 0 aliphatic carbocycles. The first-order chi connectivity index (χ1) is 17.5. The summed E-state index contributed by atoms with van der Waals surface area (Å²) in [6, 6.07) is 14.1. The number of benzene rings is 1. The van der Waals surface area contributed by atoms with E-state index in [2.05, 4.69) is 37.2 Å². The van der Waals surface area contributed by atoms with E-state index < -0.39 is 11.9 Å². The van der Waals surface area contributed by atoms with E-state index in [1.165, 1.54) is 19.4 Å². The minimum atomic E-state index is -1.26. The minimum absolute atomic E-state index is 0.539. The van der Waals surface area contributed by atoms with E-state index in [0.717, 1.165) is 62.2 Å². The normalized spacial score (nSPS) is 16.4. The maximum Gasteiger partial charge on any atom is 0.328 e. The molecular weight excluding hydrogens is 462 g/mol. The van der Waals surface area contributed by atoms with Gasteiger partial charge in [-0.15, -0.1) is 0 Å². The van der Waals surface area contributed by atoms with E-state index in [-0.39, 0.29) is 0 Å². The number of piperazine rings is 1. The standard InChI is InChI=1S/C22H29N5O.C4H4O4/c1(5-11-23-21-18-28-20-9-3-2-8-19(20)25-21)7-13-26-14-16-27(17-15-26)22-10-4-6-12-24-22;5-3(6)1-2-4(7)8/h2-4,6,8-10,12H,1,5,7,11,13-18H2,(H,23,25);1-2H,(H,5,6)(H,7,8)/b;2-1+. The highest BCUT2D eigenvalue weighted by molar-refractivity contribution is 5.99. The highest BCUT2D eigenvalue weighted by Gasteiger charge is 2.17. The molecule has 0 unspecified atom stereocenters. The third-order valence-corrected chi connectivity index (χ3v) is 5.68. The van der Waals surface area contributed by atoms with Gasteiger partial charge in [0.05, 0.1) is 5.69 Å². The van der Waals surface area contributed by atoms with E-state index in [1.807, 2.05) is 36.5 Å². The molecule has 1 aromatic carbocycles. The van der Waals surface area contributed by atoms with E-state index >= 15 is 0 Å². The molecule has 2 aliphatic heterocycles. The third kappa shape index (κ3) is 9.38. The van der Waals surface area contributed by atoms with Gasteiger partial charge in [0.1, 0.15) is 24.0 Å². The minimum Gasteiger partial charge on any atom is -0.484 e. The Bertz CT molecular complexity index is 1020. The van der Waals surface area contributed by atoms with Gasteiger partial charge in [-0.05, 0) is 43.7 Å². The first kappa shape index (κ1) is 26.7. The number of nitrogens with one attached hydrogen (secondary N) is 1. The lowest BCUT2D eigenvalue weighted by Crippen LogP contribution is -2.46. The summed E-state index contributed by atoms with van der Waals surface area (Å²) in [6.45, 7) is 6.97. The summed E-state index contributed by atoms with van der Waals surface area (Å²) in [5.41, 5.74) is 1.01. The number of aromatic nitrogens is 1. The summed E-state index contributed by atoms with van der Waals surface area (Å²) in [4.78, 5) is 33.2. The number of hydrogen-bond acceptors (Lipinski definition) is 7. The number of fused-ring (bicyclic) bond motifs is 1. The van der Waals surface area contributed by atoms with E-state index in [4.69, 9.17) is 14.9 Å². The van der Waals surface area contributed by atoms with Crippen LogP contribution >= 0.6 is 0 Å². The molecule has 36 heavy (non-hydrogen) atoms. The maximum atomic E-state index is 9.55. The Morgan fingerprint density at radius 3 is 2.39 bits per heavy atom. The molecule has 1 saturated heterocycles. The van der Waals surface area contributed by atoms with E-state index in [0.29, 0.717) is 18.8 Å². The fraction of sp³-hybridized carbons (Fsp3) is 0.385. The molecule has 0 radical (unpaired) electrons. The Labute approximate surface area is 210 Å². The van der Waals surface area contributed by atoms with E-state index in [1.54, 1.807) is 0 Å². The van der Waals surface area contributed by atoms with Crippen LogP contribution in [0, 0.1) is 0 Å². The summed E-state index contributed by atoms with van der Waals surface area (Å²) in [7, 11) is 0. The van der Waals surface area contributed by atoms with Gasteiger partial charge in [0.25, 0.3) is 0 Å². The molecule has 4 rings (SSSR count). The summed E-state index contributed by atoms with van der Waals surface area (Å²) in [5.74, 6) is 0.429. The lowest BCUT2D eigenvalue weighted by molar-refractivity contribution is -0.134. The number of ether oxygens (including phenoxy) is 1. The van der Waals surface area contributed by atoms with Crippen LogP contribution in [0.25, 0.3) is 0 Å². The van der Waals surface area contributed by atoms with Crippen LogP contribution in [-0.2, 0) is 9.59 Å². The molecule has 10 heteroatoms. The first-order valence-electron chi connectivity index (χ1n) is 12.1. The van der Waals surface area contributed by atoms with Crippen LogP contribution in [0.5, 0.6) is 5.75 Å². The zero-order chi connectivity index (χ0) is 25.6. The monoisotopic (exact) mass is 495 g/mol. The van der Waals surface area contributed by atoms with Crippen LogP contribution in [0.15, 0.2) is 65.8 Å². The summed E-state index contributed by atoms with van der Waals surface area (Å²) in [5, 5.41) is 19.0. The number of carboxylic acids is 2. The Hall–Kier alpha value is -3.92. The van der Waals surface area contributed by atoms with Crippen molar-refractivity contribution in [1.29, 1.82) is 0 Å². The number of pyridine rings is 1. The molecule has 1 fully saturated rings. The zero-order valence-electron chi connectivity index (χ0n) is 20.3. The van der Waals surface area contributed by atoms with Crippen LogP contribution < -0.4 is 15.0 Å². The number of aliphatic imine (C=N–C) groups is 1.